The number of rotatable bonds is 9. The Bertz CT molecular complexity index is 899. The second-order valence-corrected chi connectivity index (χ2v) is 8.37. The van der Waals surface area contributed by atoms with Crippen LogP contribution >= 0.6 is 11.8 Å². The van der Waals surface area contributed by atoms with Crippen molar-refractivity contribution in [1.82, 2.24) is 20.1 Å². The minimum atomic E-state index is 0.0397. The molecule has 0 atom stereocenters. The molecule has 1 aromatic heterocycles. The van der Waals surface area contributed by atoms with Gasteiger partial charge in [-0.3, -0.25) is 4.79 Å². The lowest BCUT2D eigenvalue weighted by molar-refractivity contribution is -0.118. The van der Waals surface area contributed by atoms with Crippen LogP contribution in [0.25, 0.3) is 0 Å². The Labute approximate surface area is 175 Å². The maximum Gasteiger partial charge on any atom is 0.230 e. The Balaban J connectivity index is 1.31. The van der Waals surface area contributed by atoms with E-state index >= 15 is 0 Å². The number of amides is 1. The number of nitrogens with zero attached hydrogens (tertiary/aromatic N) is 3. The van der Waals surface area contributed by atoms with Gasteiger partial charge >= 0.3 is 0 Å². The Morgan fingerprint density at radius 1 is 1.07 bits per heavy atom. The van der Waals surface area contributed by atoms with Crippen molar-refractivity contribution in [2.75, 3.05) is 12.3 Å². The Kier molecular flexibility index (Phi) is 6.30. The van der Waals surface area contributed by atoms with Crippen LogP contribution in [0.3, 0.4) is 0 Å². The molecule has 0 radical (unpaired) electrons. The highest BCUT2D eigenvalue weighted by Crippen LogP contribution is 2.38. The maximum absolute atomic E-state index is 12.4. The van der Waals surface area contributed by atoms with E-state index in [0.717, 1.165) is 17.4 Å². The molecule has 1 amide bonds. The number of aromatic nitrogens is 3. The highest BCUT2D eigenvalue weighted by Gasteiger charge is 2.28. The number of carbonyl (C=O) groups excluding carboxylic acids is 1. The molecule has 1 aliphatic rings. The number of benzene rings is 2. The van der Waals surface area contributed by atoms with Crippen LogP contribution in [0.1, 0.15) is 48.2 Å². The first kappa shape index (κ1) is 19.7. The molecule has 2 aromatic carbocycles. The zero-order chi connectivity index (χ0) is 20.1. The normalized spacial score (nSPS) is 13.6. The predicted octanol–water partition coefficient (Wildman–Crippen LogP) is 4.35. The van der Waals surface area contributed by atoms with Gasteiger partial charge in [-0.25, -0.2) is 0 Å². The molecule has 1 saturated carbocycles. The molecule has 150 valence electrons. The van der Waals surface area contributed by atoms with Crippen LogP contribution in [0.5, 0.6) is 0 Å². The lowest BCUT2D eigenvalue weighted by Crippen LogP contribution is -2.27. The number of nitrogens with one attached hydrogen (secondary N) is 1. The molecule has 1 aliphatic carbocycles. The van der Waals surface area contributed by atoms with E-state index in [4.69, 9.17) is 0 Å². The molecule has 3 aromatic rings. The Morgan fingerprint density at radius 3 is 2.28 bits per heavy atom. The standard InChI is InChI=1S/C23H26N4OS/c1-17-25-26-23(27(17)20-12-13-20)29-16-22(28)24-15-14-21(18-8-4-2-5-9-18)19-10-6-3-7-11-19/h2-11,20-21H,12-16H2,1H3,(H,24,28). The average molecular weight is 407 g/mol. The van der Waals surface area contributed by atoms with Crippen molar-refractivity contribution >= 4 is 17.7 Å². The molecule has 0 spiro atoms. The summed E-state index contributed by atoms with van der Waals surface area (Å²) < 4.78 is 2.17. The van der Waals surface area contributed by atoms with Gasteiger partial charge in [0.15, 0.2) is 5.16 Å². The molecule has 4 rings (SSSR count). The van der Waals surface area contributed by atoms with Crippen molar-refractivity contribution in [2.45, 2.75) is 43.3 Å². The number of aryl methyl sites for hydroxylation is 1. The van der Waals surface area contributed by atoms with Gasteiger partial charge in [0.25, 0.3) is 0 Å². The van der Waals surface area contributed by atoms with Crippen molar-refractivity contribution in [3.05, 3.63) is 77.6 Å². The number of hydrogen-bond donors (Lipinski definition) is 1. The first-order valence-electron chi connectivity index (χ1n) is 10.1. The first-order valence-corrected chi connectivity index (χ1v) is 11.1. The third-order valence-corrected chi connectivity index (χ3v) is 6.18. The van der Waals surface area contributed by atoms with Crippen molar-refractivity contribution in [3.63, 3.8) is 0 Å². The van der Waals surface area contributed by atoms with Crippen LogP contribution in [0.2, 0.25) is 0 Å². The summed E-state index contributed by atoms with van der Waals surface area (Å²) in [6, 6.07) is 21.5. The Morgan fingerprint density at radius 2 is 1.69 bits per heavy atom. The van der Waals surface area contributed by atoms with E-state index < -0.39 is 0 Å². The van der Waals surface area contributed by atoms with E-state index in [2.05, 4.69) is 68.6 Å². The van der Waals surface area contributed by atoms with Gasteiger partial charge in [-0.15, -0.1) is 10.2 Å². The summed E-state index contributed by atoms with van der Waals surface area (Å²) in [5, 5.41) is 12.3. The van der Waals surface area contributed by atoms with Crippen LogP contribution < -0.4 is 5.32 Å². The van der Waals surface area contributed by atoms with E-state index in [0.29, 0.717) is 18.3 Å². The fraction of sp³-hybridized carbons (Fsp3) is 0.348. The van der Waals surface area contributed by atoms with E-state index in [1.165, 1.54) is 35.7 Å². The minimum Gasteiger partial charge on any atom is -0.355 e. The monoisotopic (exact) mass is 406 g/mol. The summed E-state index contributed by atoms with van der Waals surface area (Å²) in [6.07, 6.45) is 3.22. The molecule has 5 nitrogen and oxygen atoms in total. The predicted molar refractivity (Wildman–Crippen MR) is 116 cm³/mol. The van der Waals surface area contributed by atoms with E-state index in [1.807, 2.05) is 19.1 Å². The number of carbonyl (C=O) groups is 1. The van der Waals surface area contributed by atoms with Crippen LogP contribution in [-0.2, 0) is 4.79 Å². The molecule has 0 aliphatic heterocycles. The van der Waals surface area contributed by atoms with Gasteiger partial charge in [0.05, 0.1) is 5.75 Å². The SMILES string of the molecule is Cc1nnc(SCC(=O)NCCC(c2ccccc2)c2ccccc2)n1C1CC1. The van der Waals surface area contributed by atoms with Gasteiger partial charge < -0.3 is 9.88 Å². The van der Waals surface area contributed by atoms with Gasteiger partial charge in [-0.05, 0) is 37.3 Å². The molecule has 6 heteroatoms. The highest BCUT2D eigenvalue weighted by molar-refractivity contribution is 7.99. The molecular weight excluding hydrogens is 380 g/mol. The second-order valence-electron chi connectivity index (χ2n) is 7.43. The zero-order valence-corrected chi connectivity index (χ0v) is 17.4. The molecule has 1 N–H and O–H groups in total. The Hall–Kier alpha value is -2.60. The summed E-state index contributed by atoms with van der Waals surface area (Å²) in [4.78, 5) is 12.4. The van der Waals surface area contributed by atoms with Gasteiger partial charge in [-0.1, -0.05) is 72.4 Å². The summed E-state index contributed by atoms with van der Waals surface area (Å²) in [5.41, 5.74) is 2.55. The topological polar surface area (TPSA) is 59.8 Å². The third kappa shape index (κ3) is 5.07. The molecule has 1 heterocycles. The van der Waals surface area contributed by atoms with Crippen LogP contribution in [-0.4, -0.2) is 33.0 Å². The van der Waals surface area contributed by atoms with Gasteiger partial charge in [0.1, 0.15) is 5.82 Å². The quantitative estimate of drug-likeness (QED) is 0.537. The maximum atomic E-state index is 12.4. The minimum absolute atomic E-state index is 0.0397. The van der Waals surface area contributed by atoms with Crippen molar-refractivity contribution < 1.29 is 4.79 Å². The zero-order valence-electron chi connectivity index (χ0n) is 16.6. The second kappa shape index (κ2) is 9.27. The van der Waals surface area contributed by atoms with Gasteiger partial charge in [0, 0.05) is 18.5 Å². The molecule has 0 saturated heterocycles. The van der Waals surface area contributed by atoms with Crippen molar-refractivity contribution in [2.24, 2.45) is 0 Å². The summed E-state index contributed by atoms with van der Waals surface area (Å²) in [5.74, 6) is 1.61. The molecule has 1 fully saturated rings. The fourth-order valence-corrected chi connectivity index (χ4v) is 4.52. The molecule has 0 bridgehead atoms. The first-order chi connectivity index (χ1) is 14.2. The molecule has 0 unspecified atom stereocenters. The van der Waals surface area contributed by atoms with Crippen LogP contribution in [0.4, 0.5) is 0 Å². The number of hydrogen-bond acceptors (Lipinski definition) is 4. The molecular formula is C23H26N4OS. The average Bonchev–Trinajstić information content (AvgIpc) is 3.53. The van der Waals surface area contributed by atoms with Gasteiger partial charge in [0.2, 0.25) is 5.91 Å². The van der Waals surface area contributed by atoms with E-state index in [1.54, 1.807) is 0 Å². The lowest BCUT2D eigenvalue weighted by atomic mass is 9.88. The van der Waals surface area contributed by atoms with E-state index in [9.17, 15) is 4.79 Å². The van der Waals surface area contributed by atoms with Crippen LogP contribution in [0, 0.1) is 6.92 Å². The highest BCUT2D eigenvalue weighted by atomic mass is 32.2. The largest absolute Gasteiger partial charge is 0.355 e. The molecule has 29 heavy (non-hydrogen) atoms. The van der Waals surface area contributed by atoms with Gasteiger partial charge in [-0.2, -0.15) is 0 Å². The van der Waals surface area contributed by atoms with Crippen molar-refractivity contribution in [3.8, 4) is 0 Å². The van der Waals surface area contributed by atoms with E-state index in [-0.39, 0.29) is 11.8 Å². The van der Waals surface area contributed by atoms with Crippen molar-refractivity contribution in [1.29, 1.82) is 0 Å². The lowest BCUT2D eigenvalue weighted by Gasteiger charge is -2.18. The fourth-order valence-electron chi connectivity index (χ4n) is 3.63. The summed E-state index contributed by atoms with van der Waals surface area (Å²) in [7, 11) is 0. The van der Waals surface area contributed by atoms with Crippen LogP contribution in [0.15, 0.2) is 65.8 Å². The number of thioether (sulfide) groups is 1. The summed E-state index contributed by atoms with van der Waals surface area (Å²) in [6.45, 7) is 2.62. The smallest absolute Gasteiger partial charge is 0.230 e. The third-order valence-electron chi connectivity index (χ3n) is 5.24. The summed E-state index contributed by atoms with van der Waals surface area (Å²) >= 11 is 1.47.